The lowest BCUT2D eigenvalue weighted by Gasteiger charge is -2.19. The van der Waals surface area contributed by atoms with Gasteiger partial charge < -0.3 is 9.05 Å². The van der Waals surface area contributed by atoms with Gasteiger partial charge in [0.2, 0.25) is 0 Å². The summed E-state index contributed by atoms with van der Waals surface area (Å²) in [6.45, 7) is 0. The van der Waals surface area contributed by atoms with Crippen molar-refractivity contribution in [3.63, 3.8) is 0 Å². The molecule has 11 heteroatoms. The van der Waals surface area contributed by atoms with E-state index in [1.807, 2.05) is 0 Å². The van der Waals surface area contributed by atoms with Gasteiger partial charge in [-0.05, 0) is 69.1 Å². The Hall–Kier alpha value is -4.79. The lowest BCUT2D eigenvalue weighted by atomic mass is 9.86. The first-order valence-corrected chi connectivity index (χ1v) is 15.0. The largest absolute Gasteiger partial charge is 0.584 e. The lowest BCUT2D eigenvalue weighted by Crippen LogP contribution is -2.05. The third kappa shape index (κ3) is 5.10. The van der Waals surface area contributed by atoms with Crippen molar-refractivity contribution < 1.29 is 44.8 Å². The standard InChI is InChI=1S/C34H19F6O4P/c35-33(36,37)23-11-5-9-19(15-23)27-17-21-7-1-3-13-25(21)29-30-26-14-4-2-8-22(26)18-28(32(30)44-45(41,42)43-31(27)29)20-10-6-12-24(16-20)34(38,39)40/h1-18H,(H,41,42). The highest BCUT2D eigenvalue weighted by atomic mass is 31.2. The summed E-state index contributed by atoms with van der Waals surface area (Å²) < 4.78 is 107. The van der Waals surface area contributed by atoms with E-state index < -0.39 is 31.3 Å². The van der Waals surface area contributed by atoms with Crippen LogP contribution in [-0.4, -0.2) is 4.89 Å². The van der Waals surface area contributed by atoms with E-state index in [0.717, 1.165) is 24.3 Å². The Bertz CT molecular complexity index is 2050. The normalized spacial score (nSPS) is 14.3. The molecule has 6 aromatic carbocycles. The fourth-order valence-electron chi connectivity index (χ4n) is 5.75. The molecule has 1 aliphatic rings. The van der Waals surface area contributed by atoms with E-state index in [2.05, 4.69) is 0 Å². The molecule has 0 aliphatic carbocycles. The second-order valence-corrected chi connectivity index (χ2v) is 11.8. The molecule has 226 valence electrons. The van der Waals surface area contributed by atoms with Gasteiger partial charge in [0.25, 0.3) is 0 Å². The topological polar surface area (TPSA) is 55.8 Å². The number of benzene rings is 6. The van der Waals surface area contributed by atoms with Gasteiger partial charge in [-0.25, -0.2) is 4.57 Å². The zero-order valence-corrected chi connectivity index (χ0v) is 23.7. The number of alkyl halides is 6. The summed E-state index contributed by atoms with van der Waals surface area (Å²) in [6.07, 6.45) is -9.33. The van der Waals surface area contributed by atoms with E-state index >= 15 is 0 Å². The first-order chi connectivity index (χ1) is 21.3. The van der Waals surface area contributed by atoms with E-state index in [1.165, 1.54) is 24.3 Å². The summed E-state index contributed by atoms with van der Waals surface area (Å²) in [5.41, 5.74) is -1.07. The Morgan fingerprint density at radius 2 is 0.933 bits per heavy atom. The van der Waals surface area contributed by atoms with Crippen LogP contribution in [0.1, 0.15) is 11.1 Å². The van der Waals surface area contributed by atoms with Gasteiger partial charge in [0.05, 0.1) is 11.1 Å². The minimum Gasteiger partial charge on any atom is -0.394 e. The maximum absolute atomic E-state index is 13.7. The van der Waals surface area contributed by atoms with E-state index in [4.69, 9.17) is 9.05 Å². The second-order valence-electron chi connectivity index (χ2n) is 10.5. The third-order valence-corrected chi connectivity index (χ3v) is 8.49. The van der Waals surface area contributed by atoms with Crippen LogP contribution in [0.3, 0.4) is 0 Å². The first kappa shape index (κ1) is 29.0. The van der Waals surface area contributed by atoms with Gasteiger partial charge in [0.15, 0.2) is 0 Å². The number of hydrogen-bond acceptors (Lipinski definition) is 3. The molecule has 7 rings (SSSR count). The SMILES string of the molecule is O=P1(O)Oc2c(-c3cccc(C(F)(F)F)c3)cc3ccccc3c2-c2c(c(-c3cccc(C(F)(F)F)c3)cc3ccccc23)O1. The molecule has 0 saturated carbocycles. The second kappa shape index (κ2) is 10.1. The average Bonchev–Trinajstić information content (AvgIpc) is 3.13. The maximum Gasteiger partial charge on any atom is 0.584 e. The van der Waals surface area contributed by atoms with Gasteiger partial charge in [-0.1, -0.05) is 72.8 Å². The van der Waals surface area contributed by atoms with Crippen molar-refractivity contribution in [3.8, 4) is 44.9 Å². The number of phosphoric acid groups is 1. The van der Waals surface area contributed by atoms with Crippen LogP contribution in [0.15, 0.2) is 109 Å². The molecular weight excluding hydrogens is 617 g/mol. The van der Waals surface area contributed by atoms with Crippen molar-refractivity contribution >= 4 is 29.4 Å². The third-order valence-electron chi connectivity index (χ3n) is 7.67. The summed E-state index contributed by atoms with van der Waals surface area (Å²) in [5.74, 6) is -0.409. The summed E-state index contributed by atoms with van der Waals surface area (Å²) in [7, 11) is -5.08. The number of hydrogen-bond donors (Lipinski definition) is 1. The van der Waals surface area contributed by atoms with E-state index in [1.54, 1.807) is 60.7 Å². The highest BCUT2D eigenvalue weighted by Gasteiger charge is 2.39. The van der Waals surface area contributed by atoms with Gasteiger partial charge in [0.1, 0.15) is 11.5 Å². The van der Waals surface area contributed by atoms with Crippen molar-refractivity contribution in [1.82, 2.24) is 0 Å². The molecule has 0 bridgehead atoms. The molecule has 0 amide bonds. The Balaban J connectivity index is 1.65. The molecule has 0 unspecified atom stereocenters. The van der Waals surface area contributed by atoms with Crippen LogP contribution in [-0.2, 0) is 16.9 Å². The molecule has 1 N–H and O–H groups in total. The summed E-state index contributed by atoms with van der Waals surface area (Å²) >= 11 is 0. The number of halogens is 6. The van der Waals surface area contributed by atoms with Crippen LogP contribution >= 0.6 is 7.82 Å². The minimum absolute atomic E-state index is 0.0635. The summed E-state index contributed by atoms with van der Waals surface area (Å²) in [4.78, 5) is 11.1. The monoisotopic (exact) mass is 636 g/mol. The van der Waals surface area contributed by atoms with Gasteiger partial charge in [-0.3, -0.25) is 4.89 Å². The molecule has 0 fully saturated rings. The van der Waals surface area contributed by atoms with Gasteiger partial charge in [-0.2, -0.15) is 26.3 Å². The average molecular weight is 636 g/mol. The van der Waals surface area contributed by atoms with Crippen molar-refractivity contribution in [1.29, 1.82) is 0 Å². The van der Waals surface area contributed by atoms with Crippen LogP contribution in [0.25, 0.3) is 54.9 Å². The van der Waals surface area contributed by atoms with Gasteiger partial charge >= 0.3 is 20.2 Å². The fraction of sp³-hybridized carbons (Fsp3) is 0.0588. The molecule has 1 aliphatic heterocycles. The van der Waals surface area contributed by atoms with Crippen molar-refractivity contribution in [2.75, 3.05) is 0 Å². The highest BCUT2D eigenvalue weighted by Crippen LogP contribution is 2.61. The molecular formula is C34H19F6O4P. The van der Waals surface area contributed by atoms with Crippen LogP contribution in [0, 0.1) is 0 Å². The van der Waals surface area contributed by atoms with Crippen molar-refractivity contribution in [3.05, 3.63) is 120 Å². The number of phosphoric ester groups is 1. The fourth-order valence-corrected chi connectivity index (χ4v) is 6.63. The predicted molar refractivity (Wildman–Crippen MR) is 159 cm³/mol. The molecule has 45 heavy (non-hydrogen) atoms. The molecule has 1 heterocycles. The Morgan fingerprint density at radius 1 is 0.533 bits per heavy atom. The van der Waals surface area contributed by atoms with Crippen LogP contribution in [0.4, 0.5) is 26.3 Å². The van der Waals surface area contributed by atoms with Crippen molar-refractivity contribution in [2.45, 2.75) is 12.4 Å². The van der Waals surface area contributed by atoms with Crippen LogP contribution in [0.5, 0.6) is 11.5 Å². The Labute approximate surface area is 251 Å². The van der Waals surface area contributed by atoms with Crippen molar-refractivity contribution in [2.24, 2.45) is 0 Å². The Kier molecular flexibility index (Phi) is 6.51. The summed E-state index contributed by atoms with van der Waals surface area (Å²) in [5, 5.41) is 2.17. The maximum atomic E-state index is 13.7. The minimum atomic E-state index is -5.08. The first-order valence-electron chi connectivity index (χ1n) is 13.5. The molecule has 0 atom stereocenters. The molecule has 6 aromatic rings. The zero-order valence-electron chi connectivity index (χ0n) is 22.8. The number of rotatable bonds is 2. The van der Waals surface area contributed by atoms with E-state index in [9.17, 15) is 35.8 Å². The Morgan fingerprint density at radius 3 is 1.33 bits per heavy atom. The molecule has 4 nitrogen and oxygen atoms in total. The number of fused-ring (bicyclic) bond motifs is 7. The van der Waals surface area contributed by atoms with E-state index in [0.29, 0.717) is 21.5 Å². The van der Waals surface area contributed by atoms with Crippen LogP contribution < -0.4 is 9.05 Å². The van der Waals surface area contributed by atoms with Gasteiger partial charge in [-0.15, -0.1) is 0 Å². The predicted octanol–water partition coefficient (Wildman–Crippen LogP) is 10.9. The van der Waals surface area contributed by atoms with Gasteiger partial charge in [0, 0.05) is 22.3 Å². The zero-order chi connectivity index (χ0) is 31.7. The quantitative estimate of drug-likeness (QED) is 0.152. The van der Waals surface area contributed by atoms with E-state index in [-0.39, 0.29) is 44.9 Å². The highest BCUT2D eigenvalue weighted by molar-refractivity contribution is 7.48. The summed E-state index contributed by atoms with van der Waals surface area (Å²) in [6, 6.07) is 25.9. The van der Waals surface area contributed by atoms with Crippen LogP contribution in [0.2, 0.25) is 0 Å². The lowest BCUT2D eigenvalue weighted by molar-refractivity contribution is -0.138. The molecule has 0 saturated heterocycles. The molecule has 0 spiro atoms. The molecule has 0 radical (unpaired) electrons. The smallest absolute Gasteiger partial charge is 0.394 e. The molecule has 0 aromatic heterocycles.